The van der Waals surface area contributed by atoms with Crippen LogP contribution in [-0.2, 0) is 16.6 Å². The van der Waals surface area contributed by atoms with Gasteiger partial charge in [0.1, 0.15) is 10.0 Å². The summed E-state index contributed by atoms with van der Waals surface area (Å²) in [4.78, 5) is 15.2. The van der Waals surface area contributed by atoms with Crippen LogP contribution in [-0.4, -0.2) is 30.1 Å². The lowest BCUT2D eigenvalue weighted by atomic mass is 10.4. The fraction of sp³-hybridized carbons (Fsp3) is 0.231. The molecular formula is C13H8Cl4F3N3O3S. The van der Waals surface area contributed by atoms with Gasteiger partial charge in [0.2, 0.25) is 5.28 Å². The number of hydrogen-bond acceptors (Lipinski definition) is 4. The number of rotatable bonds is 5. The molecule has 1 N–H and O–H groups in total. The number of aromatic nitrogens is 2. The molecule has 0 fully saturated rings. The molecule has 0 aliphatic heterocycles. The van der Waals surface area contributed by atoms with Crippen LogP contribution < -0.4 is 4.72 Å². The molecule has 0 saturated heterocycles. The van der Waals surface area contributed by atoms with Gasteiger partial charge in [-0.05, 0) is 29.8 Å². The van der Waals surface area contributed by atoms with Gasteiger partial charge in [-0.2, -0.15) is 13.2 Å². The highest BCUT2D eigenvalue weighted by Crippen LogP contribution is 2.28. The van der Waals surface area contributed by atoms with Crippen molar-refractivity contribution in [2.45, 2.75) is 24.0 Å². The number of nitrogens with zero attached hydrogens (tertiary/aromatic N) is 2. The van der Waals surface area contributed by atoms with Crippen LogP contribution in [0.3, 0.4) is 0 Å². The quantitative estimate of drug-likeness (QED) is 0.674. The standard InChI is InChI=1S/C13H8Cl4F3N3O3S/c14-6-1-2-7(15)8(5-6)27(25,26)22-11(24)9-10(16)23(12(17)21-9)4-3-13(18,19)20/h1-2,5H,3-4H2,(H,22,24). The Morgan fingerprint density at radius 3 is 2.41 bits per heavy atom. The number of benzene rings is 1. The first kappa shape index (κ1) is 22.1. The van der Waals surface area contributed by atoms with E-state index in [1.165, 1.54) is 12.1 Å². The maximum atomic E-state index is 12.3. The number of amides is 1. The van der Waals surface area contributed by atoms with E-state index in [9.17, 15) is 26.4 Å². The van der Waals surface area contributed by atoms with Crippen molar-refractivity contribution in [3.05, 3.63) is 44.4 Å². The van der Waals surface area contributed by atoms with Crippen LogP contribution in [0.2, 0.25) is 20.5 Å². The molecule has 148 valence electrons. The first-order chi connectivity index (χ1) is 12.3. The van der Waals surface area contributed by atoms with Gasteiger partial charge in [0.15, 0.2) is 5.69 Å². The van der Waals surface area contributed by atoms with E-state index in [4.69, 9.17) is 46.4 Å². The van der Waals surface area contributed by atoms with Gasteiger partial charge in [0.25, 0.3) is 15.9 Å². The molecule has 2 rings (SSSR count). The summed E-state index contributed by atoms with van der Waals surface area (Å²) in [5.74, 6) is -1.30. The molecule has 0 aliphatic carbocycles. The predicted octanol–water partition coefficient (Wildman–Crippen LogP) is 4.57. The topological polar surface area (TPSA) is 81.1 Å². The summed E-state index contributed by atoms with van der Waals surface area (Å²) in [6.45, 7) is -0.700. The summed E-state index contributed by atoms with van der Waals surface area (Å²) in [5.41, 5.74) is -0.662. The van der Waals surface area contributed by atoms with E-state index in [2.05, 4.69) is 4.98 Å². The molecule has 0 bridgehead atoms. The molecule has 0 aliphatic rings. The Kier molecular flexibility index (Phi) is 6.58. The molecule has 2 aromatic rings. The van der Waals surface area contributed by atoms with Crippen molar-refractivity contribution in [3.63, 3.8) is 0 Å². The van der Waals surface area contributed by atoms with E-state index in [-0.39, 0.29) is 10.0 Å². The Morgan fingerprint density at radius 2 is 1.81 bits per heavy atom. The zero-order valence-electron chi connectivity index (χ0n) is 12.8. The molecule has 1 aromatic carbocycles. The molecule has 0 radical (unpaired) electrons. The third kappa shape index (κ3) is 5.41. The first-order valence-corrected chi connectivity index (χ1v) is 9.82. The first-order valence-electron chi connectivity index (χ1n) is 6.82. The maximum Gasteiger partial charge on any atom is 0.390 e. The normalized spacial score (nSPS) is 12.3. The van der Waals surface area contributed by atoms with Crippen LogP contribution in [0.25, 0.3) is 0 Å². The number of carbonyl (C=O) groups excluding carboxylic acids is 1. The number of hydrogen-bond donors (Lipinski definition) is 1. The number of carbonyl (C=O) groups is 1. The number of alkyl halides is 3. The zero-order chi connectivity index (χ0) is 20.6. The van der Waals surface area contributed by atoms with E-state index in [1.54, 1.807) is 4.72 Å². The second-order valence-electron chi connectivity index (χ2n) is 5.05. The highest BCUT2D eigenvalue weighted by Gasteiger charge is 2.30. The van der Waals surface area contributed by atoms with Gasteiger partial charge >= 0.3 is 6.18 Å². The Morgan fingerprint density at radius 1 is 1.19 bits per heavy atom. The van der Waals surface area contributed by atoms with E-state index in [0.29, 0.717) is 0 Å². The fourth-order valence-corrected chi connectivity index (χ4v) is 4.20. The molecule has 1 aromatic heterocycles. The average molecular weight is 485 g/mol. The summed E-state index contributed by atoms with van der Waals surface area (Å²) in [6, 6.07) is 3.55. The Balaban J connectivity index is 2.29. The molecule has 1 heterocycles. The molecule has 0 spiro atoms. The van der Waals surface area contributed by atoms with Crippen LogP contribution in [0.5, 0.6) is 0 Å². The number of sulfonamides is 1. The SMILES string of the molecule is O=C(NS(=O)(=O)c1cc(Cl)ccc1Cl)c1nc(Cl)n(CCC(F)(F)F)c1Cl. The van der Waals surface area contributed by atoms with Crippen molar-refractivity contribution < 1.29 is 26.4 Å². The molecule has 0 saturated carbocycles. The minimum absolute atomic E-state index is 0.0460. The van der Waals surface area contributed by atoms with Crippen molar-refractivity contribution in [2.24, 2.45) is 0 Å². The average Bonchev–Trinajstić information content (AvgIpc) is 2.81. The van der Waals surface area contributed by atoms with Crippen molar-refractivity contribution >= 4 is 62.3 Å². The lowest BCUT2D eigenvalue weighted by molar-refractivity contribution is -0.136. The number of nitrogens with one attached hydrogen (secondary N) is 1. The highest BCUT2D eigenvalue weighted by atomic mass is 35.5. The number of imidazole rings is 1. The van der Waals surface area contributed by atoms with Crippen molar-refractivity contribution in [1.29, 1.82) is 0 Å². The Labute approximate surface area is 171 Å². The molecule has 27 heavy (non-hydrogen) atoms. The Bertz CT molecular complexity index is 993. The fourth-order valence-electron chi connectivity index (χ4n) is 1.89. The van der Waals surface area contributed by atoms with Gasteiger partial charge < -0.3 is 4.57 Å². The summed E-state index contributed by atoms with van der Waals surface area (Å²) in [6.07, 6.45) is -5.77. The zero-order valence-corrected chi connectivity index (χ0v) is 16.7. The summed E-state index contributed by atoms with van der Waals surface area (Å²) >= 11 is 23.0. The van der Waals surface area contributed by atoms with Gasteiger partial charge in [-0.1, -0.05) is 34.8 Å². The molecule has 14 heteroatoms. The van der Waals surface area contributed by atoms with Crippen molar-refractivity contribution in [1.82, 2.24) is 14.3 Å². The van der Waals surface area contributed by atoms with Gasteiger partial charge in [0, 0.05) is 11.6 Å². The minimum atomic E-state index is -4.49. The van der Waals surface area contributed by atoms with Crippen molar-refractivity contribution in [3.8, 4) is 0 Å². The largest absolute Gasteiger partial charge is 0.390 e. The Hall–Kier alpha value is -1.20. The monoisotopic (exact) mass is 483 g/mol. The van der Waals surface area contributed by atoms with E-state index < -0.39 is 56.1 Å². The van der Waals surface area contributed by atoms with Gasteiger partial charge in [-0.15, -0.1) is 0 Å². The van der Waals surface area contributed by atoms with Crippen LogP contribution in [0.4, 0.5) is 13.2 Å². The third-order valence-corrected chi connectivity index (χ3v) is 5.82. The van der Waals surface area contributed by atoms with Gasteiger partial charge in [-0.3, -0.25) is 4.79 Å². The minimum Gasteiger partial charge on any atom is -0.305 e. The summed E-state index contributed by atoms with van der Waals surface area (Å²) < 4.78 is 64.1. The lowest BCUT2D eigenvalue weighted by Gasteiger charge is -2.09. The van der Waals surface area contributed by atoms with Crippen LogP contribution in [0, 0.1) is 0 Å². The molecule has 0 atom stereocenters. The molecule has 1 amide bonds. The molecule has 0 unspecified atom stereocenters. The summed E-state index contributed by atoms with van der Waals surface area (Å²) in [7, 11) is -4.46. The van der Waals surface area contributed by atoms with Gasteiger partial charge in [0.05, 0.1) is 11.4 Å². The number of halogens is 7. The van der Waals surface area contributed by atoms with E-state index in [1.807, 2.05) is 0 Å². The summed E-state index contributed by atoms with van der Waals surface area (Å²) in [5, 5.41) is -1.22. The second kappa shape index (κ2) is 8.04. The molecular weight excluding hydrogens is 477 g/mol. The lowest BCUT2D eigenvalue weighted by Crippen LogP contribution is -2.31. The second-order valence-corrected chi connectivity index (χ2v) is 8.24. The maximum absolute atomic E-state index is 12.3. The van der Waals surface area contributed by atoms with E-state index in [0.717, 1.165) is 10.6 Å². The predicted molar refractivity (Wildman–Crippen MR) is 94.0 cm³/mol. The highest BCUT2D eigenvalue weighted by molar-refractivity contribution is 7.90. The van der Waals surface area contributed by atoms with Crippen LogP contribution in [0.15, 0.2) is 23.1 Å². The van der Waals surface area contributed by atoms with Crippen molar-refractivity contribution in [2.75, 3.05) is 0 Å². The smallest absolute Gasteiger partial charge is 0.305 e. The van der Waals surface area contributed by atoms with E-state index >= 15 is 0 Å². The third-order valence-electron chi connectivity index (χ3n) is 3.10. The van der Waals surface area contributed by atoms with Gasteiger partial charge in [-0.25, -0.2) is 18.1 Å². The van der Waals surface area contributed by atoms with Crippen LogP contribution in [0.1, 0.15) is 16.9 Å². The van der Waals surface area contributed by atoms with Crippen LogP contribution >= 0.6 is 46.4 Å². The molecule has 6 nitrogen and oxygen atoms in total.